The number of halogens is 3. The summed E-state index contributed by atoms with van der Waals surface area (Å²) < 4.78 is 0. The van der Waals surface area contributed by atoms with Gasteiger partial charge >= 0.3 is 5.97 Å². The Morgan fingerprint density at radius 1 is 1.29 bits per heavy atom. The summed E-state index contributed by atoms with van der Waals surface area (Å²) >= 11 is 11.4. The monoisotopic (exact) mass is 297 g/mol. The van der Waals surface area contributed by atoms with Gasteiger partial charge in [-0.3, -0.25) is 4.79 Å². The molecule has 0 heterocycles. The number of quaternary nitrogens is 1. The molecule has 4 nitrogen and oxygen atoms in total. The third kappa shape index (κ3) is 4.52. The summed E-state index contributed by atoms with van der Waals surface area (Å²) in [6.07, 6.45) is -0.159. The predicted molar refractivity (Wildman–Crippen MR) is 59.7 cm³/mol. The molecule has 1 aromatic rings. The maximum Gasteiger partial charge on any atom is 0.362 e. The van der Waals surface area contributed by atoms with Gasteiger partial charge in [-0.05, 0) is 18.2 Å². The van der Waals surface area contributed by atoms with Crippen LogP contribution in [-0.4, -0.2) is 22.9 Å². The van der Waals surface area contributed by atoms with Gasteiger partial charge in [0.25, 0.3) is 0 Å². The van der Waals surface area contributed by atoms with Gasteiger partial charge in [0.15, 0.2) is 11.8 Å². The minimum absolute atomic E-state index is 0. The van der Waals surface area contributed by atoms with Crippen LogP contribution in [-0.2, 0) is 4.79 Å². The molecule has 0 saturated carbocycles. The van der Waals surface area contributed by atoms with E-state index < -0.39 is 12.0 Å². The summed E-state index contributed by atoms with van der Waals surface area (Å²) in [5, 5.41) is 9.23. The number of hydrogen-bond acceptors (Lipinski definition) is 2. The lowest BCUT2D eigenvalue weighted by atomic mass is 10.0. The second-order valence-electron chi connectivity index (χ2n) is 3.29. The first-order valence-corrected chi connectivity index (χ1v) is 5.21. The first-order valence-electron chi connectivity index (χ1n) is 4.46. The summed E-state index contributed by atoms with van der Waals surface area (Å²) in [5.74, 6) is -1.42. The summed E-state index contributed by atoms with van der Waals surface area (Å²) in [5.41, 5.74) is 3.70. The number of aliphatic carboxylic acids is 1. The van der Waals surface area contributed by atoms with Gasteiger partial charge in [-0.2, -0.15) is 0 Å². The van der Waals surface area contributed by atoms with Crippen LogP contribution < -0.4 is 18.1 Å². The predicted octanol–water partition coefficient (Wildman–Crippen LogP) is -1.73. The molecule has 1 atom stereocenters. The van der Waals surface area contributed by atoms with Crippen LogP contribution in [0.25, 0.3) is 0 Å². The number of hydrogen-bond donors (Lipinski definition) is 2. The number of carbonyl (C=O) groups excluding carboxylic acids is 1. The third-order valence-electron chi connectivity index (χ3n) is 2.02. The van der Waals surface area contributed by atoms with Crippen molar-refractivity contribution in [1.82, 2.24) is 0 Å². The van der Waals surface area contributed by atoms with E-state index in [0.29, 0.717) is 10.6 Å². The fourth-order valence-electron chi connectivity index (χ4n) is 1.10. The molecule has 0 saturated heterocycles. The molecule has 0 unspecified atom stereocenters. The van der Waals surface area contributed by atoms with Crippen molar-refractivity contribution < 1.29 is 32.8 Å². The molecule has 1 aromatic carbocycles. The molecule has 0 aliphatic heterocycles. The number of benzene rings is 1. The molecule has 0 spiro atoms. The van der Waals surface area contributed by atoms with E-state index in [4.69, 9.17) is 28.3 Å². The van der Waals surface area contributed by atoms with Gasteiger partial charge in [0.1, 0.15) is 0 Å². The van der Waals surface area contributed by atoms with Gasteiger partial charge < -0.3 is 23.2 Å². The molecular formula is C10H10Cl3NO3. The fourth-order valence-corrected chi connectivity index (χ4v) is 1.40. The number of carboxylic acids is 1. The molecule has 7 heteroatoms. The van der Waals surface area contributed by atoms with Crippen molar-refractivity contribution in [2.45, 2.75) is 12.5 Å². The maximum atomic E-state index is 11.6. The van der Waals surface area contributed by atoms with Crippen LogP contribution in [0, 0.1) is 0 Å². The largest absolute Gasteiger partial charge is 1.00 e. The van der Waals surface area contributed by atoms with E-state index in [9.17, 15) is 9.59 Å². The van der Waals surface area contributed by atoms with Crippen LogP contribution in [0.4, 0.5) is 0 Å². The van der Waals surface area contributed by atoms with Gasteiger partial charge in [0.2, 0.25) is 0 Å². The average molecular weight is 299 g/mol. The lowest BCUT2D eigenvalue weighted by molar-refractivity contribution is -0.405. The van der Waals surface area contributed by atoms with Crippen molar-refractivity contribution in [3.63, 3.8) is 0 Å². The van der Waals surface area contributed by atoms with Crippen molar-refractivity contribution in [2.75, 3.05) is 0 Å². The van der Waals surface area contributed by atoms with Crippen LogP contribution in [0.5, 0.6) is 0 Å². The average Bonchev–Trinajstić information content (AvgIpc) is 2.21. The minimum Gasteiger partial charge on any atom is -1.00 e. The van der Waals surface area contributed by atoms with Gasteiger partial charge in [-0.1, -0.05) is 23.2 Å². The summed E-state index contributed by atoms with van der Waals surface area (Å²) in [7, 11) is 0. The number of carbonyl (C=O) groups is 2. The highest BCUT2D eigenvalue weighted by Crippen LogP contribution is 2.23. The molecule has 94 valence electrons. The SMILES string of the molecule is [Cl-].[NH3+][C@@H](CC(=O)c1ccc(Cl)c(Cl)c1)C(=O)O. The Bertz CT molecular complexity index is 437. The molecule has 0 aliphatic carbocycles. The van der Waals surface area contributed by atoms with Gasteiger partial charge in [0, 0.05) is 5.56 Å². The Balaban J connectivity index is 0.00000256. The first-order chi connectivity index (χ1) is 7.41. The minimum atomic E-state index is -1.10. The number of Topliss-reactive ketones (excluding diaryl/α,β-unsaturated/α-hetero) is 1. The molecule has 17 heavy (non-hydrogen) atoms. The molecular weight excluding hydrogens is 288 g/mol. The van der Waals surface area contributed by atoms with Gasteiger partial charge in [-0.15, -0.1) is 0 Å². The van der Waals surface area contributed by atoms with Crippen LogP contribution >= 0.6 is 23.2 Å². The Kier molecular flexibility index (Phi) is 6.49. The van der Waals surface area contributed by atoms with Crippen molar-refractivity contribution in [1.29, 1.82) is 0 Å². The molecule has 0 bridgehead atoms. The topological polar surface area (TPSA) is 82.0 Å². The highest BCUT2D eigenvalue weighted by atomic mass is 35.5. The normalized spacial score (nSPS) is 11.5. The quantitative estimate of drug-likeness (QED) is 0.648. The van der Waals surface area contributed by atoms with Gasteiger partial charge in [-0.25, -0.2) is 4.79 Å². The zero-order chi connectivity index (χ0) is 12.3. The highest BCUT2D eigenvalue weighted by Gasteiger charge is 2.21. The second kappa shape index (κ2) is 6.81. The molecule has 0 fully saturated rings. The lowest BCUT2D eigenvalue weighted by Gasteiger charge is -2.04. The number of carboxylic acid groups (broad SMARTS) is 1. The second-order valence-corrected chi connectivity index (χ2v) is 4.11. The lowest BCUT2D eigenvalue weighted by Crippen LogP contribution is -3.00. The van der Waals surface area contributed by atoms with Crippen molar-refractivity contribution in [3.8, 4) is 0 Å². The smallest absolute Gasteiger partial charge is 0.362 e. The molecule has 0 radical (unpaired) electrons. The van der Waals surface area contributed by atoms with Crippen LogP contribution in [0.2, 0.25) is 10.0 Å². The molecule has 0 amide bonds. The van der Waals surface area contributed by atoms with Crippen LogP contribution in [0.1, 0.15) is 16.8 Å². The molecule has 4 N–H and O–H groups in total. The fraction of sp³-hybridized carbons (Fsp3) is 0.200. The third-order valence-corrected chi connectivity index (χ3v) is 2.76. The standard InChI is InChI=1S/C10H9Cl2NO3.ClH/c11-6-2-1-5(3-7(6)12)9(14)4-8(13)10(15)16;/h1-3,8H,4,13H2,(H,15,16);1H/t8-;/m0./s1. The summed E-state index contributed by atoms with van der Waals surface area (Å²) in [6.45, 7) is 0. The van der Waals surface area contributed by atoms with E-state index in [1.54, 1.807) is 0 Å². The Labute approximate surface area is 114 Å². The number of rotatable bonds is 4. The molecule has 0 aliphatic rings. The van der Waals surface area contributed by atoms with Gasteiger partial charge in [0.05, 0.1) is 16.5 Å². The van der Waals surface area contributed by atoms with Crippen molar-refractivity contribution in [2.24, 2.45) is 0 Å². The summed E-state index contributed by atoms with van der Waals surface area (Å²) in [6, 6.07) is 3.46. The van der Waals surface area contributed by atoms with E-state index in [1.807, 2.05) is 0 Å². The zero-order valence-corrected chi connectivity index (χ0v) is 10.9. The molecule has 0 aromatic heterocycles. The van der Waals surface area contributed by atoms with E-state index in [2.05, 4.69) is 5.73 Å². The van der Waals surface area contributed by atoms with Crippen LogP contribution in [0.15, 0.2) is 18.2 Å². The van der Waals surface area contributed by atoms with Crippen molar-refractivity contribution in [3.05, 3.63) is 33.8 Å². The Morgan fingerprint density at radius 3 is 2.35 bits per heavy atom. The first kappa shape index (κ1) is 16.2. The zero-order valence-electron chi connectivity index (χ0n) is 8.62. The molecule has 1 rings (SSSR count). The van der Waals surface area contributed by atoms with E-state index in [-0.39, 0.29) is 29.6 Å². The number of ketones is 1. The highest BCUT2D eigenvalue weighted by molar-refractivity contribution is 6.42. The van der Waals surface area contributed by atoms with Crippen molar-refractivity contribution >= 4 is 35.0 Å². The van der Waals surface area contributed by atoms with E-state index in [0.717, 1.165) is 0 Å². The van der Waals surface area contributed by atoms with Crippen LogP contribution in [0.3, 0.4) is 0 Å². The van der Waals surface area contributed by atoms with E-state index in [1.165, 1.54) is 18.2 Å². The van der Waals surface area contributed by atoms with E-state index >= 15 is 0 Å². The maximum absolute atomic E-state index is 11.6. The summed E-state index contributed by atoms with van der Waals surface area (Å²) in [4.78, 5) is 22.1. The Morgan fingerprint density at radius 2 is 1.88 bits per heavy atom. The Hall–Kier alpha value is -0.810.